The maximum Gasteiger partial charge on any atom is 0.322 e. The number of pyridine rings is 1. The van der Waals surface area contributed by atoms with Gasteiger partial charge in [-0.1, -0.05) is 43.0 Å². The Morgan fingerprint density at radius 3 is 2.65 bits per heavy atom. The van der Waals surface area contributed by atoms with Crippen molar-refractivity contribution in [3.8, 4) is 22.8 Å². The molecule has 31 heavy (non-hydrogen) atoms. The highest BCUT2D eigenvalue weighted by molar-refractivity contribution is 6.06. The van der Waals surface area contributed by atoms with Gasteiger partial charge in [-0.3, -0.25) is 4.79 Å². The van der Waals surface area contributed by atoms with Crippen molar-refractivity contribution >= 4 is 30.9 Å². The quantitative estimate of drug-likeness (QED) is 0.455. The average molecular weight is 416 g/mol. The Labute approximate surface area is 182 Å². The van der Waals surface area contributed by atoms with E-state index in [2.05, 4.69) is 6.58 Å². The number of hydrogen-bond donors (Lipinski definition) is 0. The molecule has 158 valence electrons. The van der Waals surface area contributed by atoms with Gasteiger partial charge in [-0.2, -0.15) is 0 Å². The van der Waals surface area contributed by atoms with Crippen molar-refractivity contribution in [3.63, 3.8) is 0 Å². The van der Waals surface area contributed by atoms with Gasteiger partial charge >= 0.3 is 5.97 Å². The van der Waals surface area contributed by atoms with E-state index in [1.807, 2.05) is 61.3 Å². The summed E-state index contributed by atoms with van der Waals surface area (Å²) in [5, 5.41) is 0.875. The minimum atomic E-state index is -0.305. The average Bonchev–Trinajstić information content (AvgIpc) is 3.17. The van der Waals surface area contributed by atoms with Crippen molar-refractivity contribution in [2.45, 2.75) is 18.6 Å². The number of aromatic nitrogens is 1. The molecule has 2 atom stereocenters. The zero-order valence-electron chi connectivity index (χ0n) is 18.0. The number of ether oxygens (including phenoxy) is 3. The van der Waals surface area contributed by atoms with Crippen molar-refractivity contribution < 1.29 is 19.0 Å². The molecule has 0 radical (unpaired) electrons. The molecule has 1 saturated heterocycles. The number of carbonyl (C=O) groups excluding carboxylic acids is 1. The minimum absolute atomic E-state index is 0.141. The second kappa shape index (κ2) is 8.82. The Bertz CT molecular complexity index is 1120. The van der Waals surface area contributed by atoms with Crippen LogP contribution in [0.4, 0.5) is 0 Å². The summed E-state index contributed by atoms with van der Waals surface area (Å²) < 4.78 is 16.9. The van der Waals surface area contributed by atoms with Gasteiger partial charge in [-0.15, -0.1) is 0 Å². The number of nitrogens with zero attached hydrogens (tertiary/aromatic N) is 2. The lowest BCUT2D eigenvalue weighted by molar-refractivity contribution is -0.144. The first-order valence-electron chi connectivity index (χ1n) is 10.2. The van der Waals surface area contributed by atoms with Crippen LogP contribution in [0.25, 0.3) is 28.2 Å². The summed E-state index contributed by atoms with van der Waals surface area (Å²) in [6.07, 6.45) is 2.18. The van der Waals surface area contributed by atoms with Crippen LogP contribution < -0.4 is 9.47 Å². The number of rotatable bonds is 6. The van der Waals surface area contributed by atoms with Crippen LogP contribution in [-0.2, 0) is 9.53 Å². The SMILES string of the molecule is BN1C[C@H](Oc2cc(-c3ccccc3)nc3cc(OC)c(C=C)cc23)C[C@H]1C(=O)OC. The standard InChI is InChI=1S/C24H25BN2O4/c1-4-15-10-18-20(13-22(15)29-2)26-19(16-8-6-5-7-9-16)12-23(18)31-17-11-21(24(28)30-3)27(25)14-17/h4-10,12-13,17,21H,1,11,14,25H2,2-3H3/t17-,21+/m1/s1. The van der Waals surface area contributed by atoms with E-state index >= 15 is 0 Å². The van der Waals surface area contributed by atoms with Crippen molar-refractivity contribution in [2.24, 2.45) is 0 Å². The molecule has 0 saturated carbocycles. The summed E-state index contributed by atoms with van der Waals surface area (Å²) in [5.41, 5.74) is 3.45. The molecule has 2 aromatic carbocycles. The Kier molecular flexibility index (Phi) is 5.95. The van der Waals surface area contributed by atoms with Gasteiger partial charge in [0, 0.05) is 41.6 Å². The Balaban J connectivity index is 1.78. The van der Waals surface area contributed by atoms with Crippen LogP contribution >= 0.6 is 0 Å². The number of methoxy groups -OCH3 is 2. The lowest BCUT2D eigenvalue weighted by Crippen LogP contribution is -2.34. The second-order valence-electron chi connectivity index (χ2n) is 7.64. The maximum atomic E-state index is 12.1. The zero-order chi connectivity index (χ0) is 22.0. The van der Waals surface area contributed by atoms with Gasteiger partial charge < -0.3 is 19.0 Å². The number of esters is 1. The van der Waals surface area contributed by atoms with Crippen molar-refractivity contribution in [1.82, 2.24) is 9.79 Å². The molecule has 0 spiro atoms. The Hall–Kier alpha value is -3.32. The molecule has 0 unspecified atom stereocenters. The smallest absolute Gasteiger partial charge is 0.322 e. The lowest BCUT2D eigenvalue weighted by atomic mass is 10.1. The summed E-state index contributed by atoms with van der Waals surface area (Å²) in [5.74, 6) is 1.19. The molecular formula is C24H25BN2O4. The fraction of sp³-hybridized carbons (Fsp3) is 0.250. The number of benzene rings is 2. The highest BCUT2D eigenvalue weighted by Crippen LogP contribution is 2.36. The van der Waals surface area contributed by atoms with Crippen molar-refractivity contribution in [1.29, 1.82) is 0 Å². The molecule has 0 N–H and O–H groups in total. The first kappa shape index (κ1) is 20.9. The van der Waals surface area contributed by atoms with E-state index in [4.69, 9.17) is 19.2 Å². The van der Waals surface area contributed by atoms with Crippen LogP contribution in [0.15, 0.2) is 55.1 Å². The number of hydrogen-bond acceptors (Lipinski definition) is 6. The summed E-state index contributed by atoms with van der Waals surface area (Å²) in [6.45, 7) is 4.53. The molecule has 1 aromatic heterocycles. The highest BCUT2D eigenvalue weighted by Gasteiger charge is 2.36. The van der Waals surface area contributed by atoms with Gasteiger partial charge in [0.2, 0.25) is 0 Å². The van der Waals surface area contributed by atoms with Gasteiger partial charge in [-0.05, 0) is 6.07 Å². The molecular weight excluding hydrogens is 391 g/mol. The maximum absolute atomic E-state index is 12.1. The first-order chi connectivity index (χ1) is 15.0. The molecule has 3 aromatic rings. The van der Waals surface area contributed by atoms with Crippen molar-refractivity contribution in [2.75, 3.05) is 20.8 Å². The van der Waals surface area contributed by atoms with Crippen LogP contribution in [0.5, 0.6) is 11.5 Å². The van der Waals surface area contributed by atoms with E-state index in [9.17, 15) is 4.79 Å². The van der Waals surface area contributed by atoms with E-state index in [0.717, 1.165) is 33.5 Å². The largest absolute Gasteiger partial charge is 0.496 e. The van der Waals surface area contributed by atoms with Crippen LogP contribution in [0.3, 0.4) is 0 Å². The molecule has 0 aliphatic carbocycles. The van der Waals surface area contributed by atoms with Gasteiger partial charge in [0.15, 0.2) is 7.98 Å². The van der Waals surface area contributed by atoms with Gasteiger partial charge in [-0.25, -0.2) is 4.98 Å². The molecule has 1 aliphatic heterocycles. The molecule has 4 rings (SSSR count). The van der Waals surface area contributed by atoms with Crippen LogP contribution in [-0.4, -0.2) is 56.7 Å². The minimum Gasteiger partial charge on any atom is -0.496 e. The predicted octanol–water partition coefficient (Wildman–Crippen LogP) is 3.10. The molecule has 2 heterocycles. The molecule has 1 aliphatic rings. The summed E-state index contributed by atoms with van der Waals surface area (Å²) in [4.78, 5) is 18.9. The van der Waals surface area contributed by atoms with Crippen LogP contribution in [0.1, 0.15) is 12.0 Å². The number of fused-ring (bicyclic) bond motifs is 1. The highest BCUT2D eigenvalue weighted by atomic mass is 16.5. The third-order valence-corrected chi connectivity index (χ3v) is 5.69. The van der Waals surface area contributed by atoms with E-state index in [0.29, 0.717) is 18.7 Å². The third kappa shape index (κ3) is 4.14. The summed E-state index contributed by atoms with van der Waals surface area (Å²) >= 11 is 0. The van der Waals surface area contributed by atoms with E-state index < -0.39 is 0 Å². The Morgan fingerprint density at radius 2 is 1.97 bits per heavy atom. The van der Waals surface area contributed by atoms with Crippen LogP contribution in [0.2, 0.25) is 0 Å². The zero-order valence-corrected chi connectivity index (χ0v) is 18.0. The molecule has 1 fully saturated rings. The van der Waals surface area contributed by atoms with Gasteiger partial charge in [0.05, 0.1) is 25.4 Å². The molecule has 0 amide bonds. The molecule has 7 heteroatoms. The van der Waals surface area contributed by atoms with Crippen molar-refractivity contribution in [3.05, 3.63) is 60.7 Å². The van der Waals surface area contributed by atoms with Gasteiger partial charge in [0.25, 0.3) is 0 Å². The summed E-state index contributed by atoms with van der Waals surface area (Å²) in [7, 11) is 4.96. The fourth-order valence-electron chi connectivity index (χ4n) is 4.06. The number of carbonyl (C=O) groups is 1. The van der Waals surface area contributed by atoms with Gasteiger partial charge in [0.1, 0.15) is 23.6 Å². The normalized spacial score (nSPS) is 18.6. The topological polar surface area (TPSA) is 60.9 Å². The fourth-order valence-corrected chi connectivity index (χ4v) is 4.06. The van der Waals surface area contributed by atoms with E-state index in [1.165, 1.54) is 7.11 Å². The molecule has 0 bridgehead atoms. The third-order valence-electron chi connectivity index (χ3n) is 5.69. The predicted molar refractivity (Wildman–Crippen MR) is 124 cm³/mol. The van der Waals surface area contributed by atoms with E-state index in [-0.39, 0.29) is 18.1 Å². The second-order valence-corrected chi connectivity index (χ2v) is 7.64. The monoisotopic (exact) mass is 416 g/mol. The van der Waals surface area contributed by atoms with E-state index in [1.54, 1.807) is 13.2 Å². The molecule has 6 nitrogen and oxygen atoms in total. The Morgan fingerprint density at radius 1 is 1.19 bits per heavy atom. The summed E-state index contributed by atoms with van der Waals surface area (Å²) in [6, 6.07) is 15.5. The lowest BCUT2D eigenvalue weighted by Gasteiger charge is -2.18. The van der Waals surface area contributed by atoms with Crippen LogP contribution in [0, 0.1) is 0 Å². The first-order valence-corrected chi connectivity index (χ1v) is 10.2.